The van der Waals surface area contributed by atoms with Crippen LogP contribution in [0.1, 0.15) is 0 Å². The topological polar surface area (TPSA) is 49.7 Å². The van der Waals surface area contributed by atoms with Crippen molar-refractivity contribution in [2.24, 2.45) is 0 Å². The molecule has 3 nitrogen and oxygen atoms in total. The second-order valence-corrected chi connectivity index (χ2v) is 3.97. The average molecular weight is 222 g/mol. The summed E-state index contributed by atoms with van der Waals surface area (Å²) in [5, 5.41) is 21.0. The number of hydrogen-bond donors (Lipinski definition) is 2. The first-order chi connectivity index (χ1) is 7.22. The summed E-state index contributed by atoms with van der Waals surface area (Å²) in [6.07, 6.45) is 0. The Bertz CT molecular complexity index is 463. The standard InChI is InChI=1S/C11H10O3S/c1-14-9-6-7(12)5-8(13)11(9)10-3-2-4-15-10/h2-6,12-13H,1H3. The van der Waals surface area contributed by atoms with Crippen molar-refractivity contribution in [3.63, 3.8) is 0 Å². The molecule has 1 aromatic carbocycles. The summed E-state index contributed by atoms with van der Waals surface area (Å²) in [7, 11) is 1.51. The lowest BCUT2D eigenvalue weighted by molar-refractivity contribution is 0.400. The average Bonchev–Trinajstić information content (AvgIpc) is 2.69. The Hall–Kier alpha value is -1.68. The predicted octanol–water partition coefficient (Wildman–Crippen LogP) is 2.83. The Labute approximate surface area is 91.2 Å². The van der Waals surface area contributed by atoms with E-state index in [2.05, 4.69) is 0 Å². The Morgan fingerprint density at radius 3 is 2.67 bits per heavy atom. The highest BCUT2D eigenvalue weighted by Gasteiger charge is 2.13. The van der Waals surface area contributed by atoms with Crippen molar-refractivity contribution in [2.45, 2.75) is 0 Å². The molecule has 0 amide bonds. The number of rotatable bonds is 2. The Morgan fingerprint density at radius 1 is 1.27 bits per heavy atom. The van der Waals surface area contributed by atoms with Gasteiger partial charge in [-0.05, 0) is 11.4 Å². The van der Waals surface area contributed by atoms with Crippen molar-refractivity contribution in [3.8, 4) is 27.7 Å². The van der Waals surface area contributed by atoms with Gasteiger partial charge in [0.05, 0.1) is 12.7 Å². The Balaban J connectivity index is 2.64. The lowest BCUT2D eigenvalue weighted by Gasteiger charge is -2.09. The normalized spacial score (nSPS) is 10.2. The van der Waals surface area contributed by atoms with Crippen LogP contribution in [0, 0.1) is 0 Å². The number of phenols is 2. The molecule has 15 heavy (non-hydrogen) atoms. The fourth-order valence-electron chi connectivity index (χ4n) is 1.42. The predicted molar refractivity (Wildman–Crippen MR) is 59.6 cm³/mol. The fourth-order valence-corrected chi connectivity index (χ4v) is 2.20. The molecule has 1 heterocycles. The number of benzene rings is 1. The van der Waals surface area contributed by atoms with E-state index < -0.39 is 0 Å². The second-order valence-electron chi connectivity index (χ2n) is 3.02. The molecule has 0 saturated carbocycles. The van der Waals surface area contributed by atoms with E-state index in [1.54, 1.807) is 0 Å². The van der Waals surface area contributed by atoms with Crippen LogP contribution in [0.3, 0.4) is 0 Å². The highest BCUT2D eigenvalue weighted by Crippen LogP contribution is 2.42. The first-order valence-electron chi connectivity index (χ1n) is 4.36. The molecule has 0 unspecified atom stereocenters. The van der Waals surface area contributed by atoms with Gasteiger partial charge in [-0.3, -0.25) is 0 Å². The third-order valence-electron chi connectivity index (χ3n) is 2.05. The highest BCUT2D eigenvalue weighted by molar-refractivity contribution is 7.13. The minimum absolute atomic E-state index is 0.00958. The van der Waals surface area contributed by atoms with Gasteiger partial charge >= 0.3 is 0 Å². The zero-order valence-corrected chi connectivity index (χ0v) is 8.91. The van der Waals surface area contributed by atoms with Crippen molar-refractivity contribution in [1.82, 2.24) is 0 Å². The van der Waals surface area contributed by atoms with Crippen LogP contribution in [0.5, 0.6) is 17.2 Å². The smallest absolute Gasteiger partial charge is 0.134 e. The molecule has 0 bridgehead atoms. The van der Waals surface area contributed by atoms with Crippen molar-refractivity contribution in [2.75, 3.05) is 7.11 Å². The second kappa shape index (κ2) is 3.82. The monoisotopic (exact) mass is 222 g/mol. The first kappa shape index (κ1) is 9.86. The van der Waals surface area contributed by atoms with Crippen molar-refractivity contribution in [3.05, 3.63) is 29.6 Å². The maximum Gasteiger partial charge on any atom is 0.134 e. The fraction of sp³-hybridized carbons (Fsp3) is 0.0909. The van der Waals surface area contributed by atoms with Crippen molar-refractivity contribution >= 4 is 11.3 Å². The van der Waals surface area contributed by atoms with E-state index in [0.29, 0.717) is 11.3 Å². The van der Waals surface area contributed by atoms with Gasteiger partial charge in [0, 0.05) is 17.0 Å². The van der Waals surface area contributed by atoms with Gasteiger partial charge in [0.25, 0.3) is 0 Å². The highest BCUT2D eigenvalue weighted by atomic mass is 32.1. The first-order valence-corrected chi connectivity index (χ1v) is 5.24. The molecule has 0 fully saturated rings. The summed E-state index contributed by atoms with van der Waals surface area (Å²) >= 11 is 1.50. The van der Waals surface area contributed by atoms with E-state index >= 15 is 0 Å². The van der Waals surface area contributed by atoms with E-state index in [0.717, 1.165) is 4.88 Å². The van der Waals surface area contributed by atoms with E-state index in [4.69, 9.17) is 4.74 Å². The van der Waals surface area contributed by atoms with Gasteiger partial charge in [0.2, 0.25) is 0 Å². The van der Waals surface area contributed by atoms with Gasteiger partial charge in [-0.25, -0.2) is 0 Å². The lowest BCUT2D eigenvalue weighted by Crippen LogP contribution is -1.87. The molecule has 4 heteroatoms. The van der Waals surface area contributed by atoms with Gasteiger partial charge in [-0.1, -0.05) is 6.07 Å². The molecule has 0 aliphatic carbocycles. The summed E-state index contributed by atoms with van der Waals surface area (Å²) in [6, 6.07) is 6.57. The molecule has 2 aromatic rings. The summed E-state index contributed by atoms with van der Waals surface area (Å²) in [6.45, 7) is 0. The Kier molecular flexibility index (Phi) is 2.51. The summed E-state index contributed by atoms with van der Waals surface area (Å²) in [4.78, 5) is 0.907. The van der Waals surface area contributed by atoms with Gasteiger partial charge in [0.1, 0.15) is 17.2 Å². The molecular weight excluding hydrogens is 212 g/mol. The number of methoxy groups -OCH3 is 1. The molecule has 0 aliphatic heterocycles. The molecular formula is C11H10O3S. The van der Waals surface area contributed by atoms with E-state index in [1.807, 2.05) is 17.5 Å². The van der Waals surface area contributed by atoms with Crippen molar-refractivity contribution < 1.29 is 14.9 Å². The number of ether oxygens (including phenoxy) is 1. The van der Waals surface area contributed by atoms with Crippen LogP contribution < -0.4 is 4.74 Å². The molecule has 0 atom stereocenters. The largest absolute Gasteiger partial charge is 0.508 e. The Morgan fingerprint density at radius 2 is 2.07 bits per heavy atom. The molecule has 0 radical (unpaired) electrons. The summed E-state index contributed by atoms with van der Waals surface area (Å²) in [5.41, 5.74) is 0.616. The summed E-state index contributed by atoms with van der Waals surface area (Å²) < 4.78 is 5.12. The number of phenolic OH excluding ortho intramolecular Hbond substituents is 2. The van der Waals surface area contributed by atoms with Crippen LogP contribution in [0.15, 0.2) is 29.6 Å². The third kappa shape index (κ3) is 1.76. The SMILES string of the molecule is COc1cc(O)cc(O)c1-c1cccs1. The van der Waals surface area contributed by atoms with Crippen LogP contribution in [0.25, 0.3) is 10.4 Å². The van der Waals surface area contributed by atoms with E-state index in [1.165, 1.54) is 30.6 Å². The van der Waals surface area contributed by atoms with Crippen LogP contribution in [-0.2, 0) is 0 Å². The molecule has 0 spiro atoms. The van der Waals surface area contributed by atoms with Crippen LogP contribution in [-0.4, -0.2) is 17.3 Å². The lowest BCUT2D eigenvalue weighted by atomic mass is 10.1. The molecule has 2 N–H and O–H groups in total. The number of thiophene rings is 1. The zero-order valence-electron chi connectivity index (χ0n) is 8.10. The van der Waals surface area contributed by atoms with Crippen LogP contribution >= 0.6 is 11.3 Å². The van der Waals surface area contributed by atoms with Gasteiger partial charge in [-0.2, -0.15) is 0 Å². The molecule has 0 aliphatic rings. The quantitative estimate of drug-likeness (QED) is 0.821. The van der Waals surface area contributed by atoms with E-state index in [9.17, 15) is 10.2 Å². The number of hydrogen-bond acceptors (Lipinski definition) is 4. The van der Waals surface area contributed by atoms with Gasteiger partial charge < -0.3 is 14.9 Å². The maximum absolute atomic E-state index is 9.74. The van der Waals surface area contributed by atoms with Gasteiger partial charge in [-0.15, -0.1) is 11.3 Å². The zero-order chi connectivity index (χ0) is 10.8. The van der Waals surface area contributed by atoms with Crippen LogP contribution in [0.4, 0.5) is 0 Å². The number of aromatic hydroxyl groups is 2. The van der Waals surface area contributed by atoms with E-state index in [-0.39, 0.29) is 11.5 Å². The minimum atomic E-state index is -0.00958. The molecule has 2 rings (SSSR count). The molecule has 0 saturated heterocycles. The maximum atomic E-state index is 9.74. The van der Waals surface area contributed by atoms with Crippen molar-refractivity contribution in [1.29, 1.82) is 0 Å². The summed E-state index contributed by atoms with van der Waals surface area (Å²) in [5.74, 6) is 0.480. The molecule has 78 valence electrons. The third-order valence-corrected chi connectivity index (χ3v) is 2.94. The van der Waals surface area contributed by atoms with Gasteiger partial charge in [0.15, 0.2) is 0 Å². The molecule has 1 aromatic heterocycles. The van der Waals surface area contributed by atoms with Crippen LogP contribution in [0.2, 0.25) is 0 Å². The minimum Gasteiger partial charge on any atom is -0.508 e.